The zero-order valence-corrected chi connectivity index (χ0v) is 20.0. The minimum atomic E-state index is -0.404. The van der Waals surface area contributed by atoms with Crippen LogP contribution in [0.2, 0.25) is 0 Å². The number of esters is 1. The summed E-state index contributed by atoms with van der Waals surface area (Å²) in [6.07, 6.45) is 3.69. The number of rotatable bonds is 5. The summed E-state index contributed by atoms with van der Waals surface area (Å²) >= 11 is 5.78. The van der Waals surface area contributed by atoms with Crippen LogP contribution in [0.5, 0.6) is 0 Å². The second-order valence-corrected chi connectivity index (χ2v) is 8.66. The Morgan fingerprint density at radius 3 is 2.66 bits per heavy atom. The number of anilines is 1. The maximum absolute atomic E-state index is 14.1. The maximum atomic E-state index is 14.1. The fourth-order valence-corrected chi connectivity index (χ4v) is 4.83. The minimum Gasteiger partial charge on any atom is -0.465 e. The van der Waals surface area contributed by atoms with E-state index in [-0.39, 0.29) is 17.9 Å². The first kappa shape index (κ1) is 22.7. The van der Waals surface area contributed by atoms with Crippen LogP contribution in [-0.2, 0) is 4.74 Å². The summed E-state index contributed by atoms with van der Waals surface area (Å²) in [7, 11) is 1.36. The second-order valence-electron chi connectivity index (χ2n) is 8.28. The Bertz CT molecular complexity index is 1410. The van der Waals surface area contributed by atoms with Gasteiger partial charge in [0, 0.05) is 29.5 Å². The Morgan fingerprint density at radius 2 is 1.91 bits per heavy atom. The first-order valence-corrected chi connectivity index (χ1v) is 11.5. The lowest BCUT2D eigenvalue weighted by Gasteiger charge is -2.29. The van der Waals surface area contributed by atoms with Gasteiger partial charge in [-0.25, -0.2) is 9.18 Å². The van der Waals surface area contributed by atoms with Gasteiger partial charge >= 0.3 is 5.97 Å². The number of nitrogens with zero attached hydrogens (tertiary/aromatic N) is 3. The van der Waals surface area contributed by atoms with Gasteiger partial charge in [-0.15, -0.1) is 0 Å². The zero-order valence-electron chi connectivity index (χ0n) is 19.2. The number of aromatic nitrogens is 2. The van der Waals surface area contributed by atoms with Gasteiger partial charge in [-0.3, -0.25) is 4.98 Å². The van der Waals surface area contributed by atoms with Crippen LogP contribution in [0.15, 0.2) is 85.2 Å². The fraction of sp³-hybridized carbons (Fsp3) is 0.148. The normalized spacial score (nSPS) is 17.3. The molecule has 8 heteroatoms. The SMILES string of the molecule is COC(=O)c1cccc(-n2cccc2C2C(c3ccccn3)NC(=S)N2c2ccc(F)c(C)c2)c1. The van der Waals surface area contributed by atoms with Crippen molar-refractivity contribution in [3.8, 4) is 5.69 Å². The van der Waals surface area contributed by atoms with Crippen molar-refractivity contribution in [1.82, 2.24) is 14.9 Å². The zero-order chi connectivity index (χ0) is 24.5. The Morgan fingerprint density at radius 1 is 1.06 bits per heavy atom. The molecular formula is C27H23FN4O2S. The molecule has 6 nitrogen and oxygen atoms in total. The molecule has 1 saturated heterocycles. The van der Waals surface area contributed by atoms with Crippen LogP contribution in [0.3, 0.4) is 0 Å². The number of carbonyl (C=O) groups excluding carboxylic acids is 1. The molecule has 0 amide bonds. The highest BCUT2D eigenvalue weighted by Gasteiger charge is 2.42. The van der Waals surface area contributed by atoms with Crippen molar-refractivity contribution in [2.45, 2.75) is 19.0 Å². The summed E-state index contributed by atoms with van der Waals surface area (Å²) in [5.74, 6) is -0.674. The van der Waals surface area contributed by atoms with E-state index < -0.39 is 5.97 Å². The van der Waals surface area contributed by atoms with E-state index in [9.17, 15) is 9.18 Å². The van der Waals surface area contributed by atoms with Crippen molar-refractivity contribution < 1.29 is 13.9 Å². The van der Waals surface area contributed by atoms with Crippen LogP contribution < -0.4 is 10.2 Å². The molecule has 1 N–H and O–H groups in total. The molecule has 2 aromatic carbocycles. The van der Waals surface area contributed by atoms with Crippen LogP contribution in [0.4, 0.5) is 10.1 Å². The third-order valence-electron chi connectivity index (χ3n) is 6.15. The van der Waals surface area contributed by atoms with Crippen LogP contribution in [0, 0.1) is 12.7 Å². The molecule has 1 aliphatic heterocycles. The van der Waals surface area contributed by atoms with Gasteiger partial charge in [-0.1, -0.05) is 12.1 Å². The third-order valence-corrected chi connectivity index (χ3v) is 6.46. The number of benzene rings is 2. The molecule has 2 atom stereocenters. The molecule has 4 aromatic rings. The first-order chi connectivity index (χ1) is 17.0. The number of methoxy groups -OCH3 is 1. The van der Waals surface area contributed by atoms with Crippen molar-refractivity contribution in [2.24, 2.45) is 0 Å². The number of hydrogen-bond acceptors (Lipinski definition) is 4. The molecule has 0 saturated carbocycles. The van der Waals surface area contributed by atoms with Gasteiger partial charge in [0.25, 0.3) is 0 Å². The number of thiocarbonyl (C=S) groups is 1. The van der Waals surface area contributed by atoms with Gasteiger partial charge < -0.3 is 19.5 Å². The monoisotopic (exact) mass is 486 g/mol. The molecule has 0 radical (unpaired) electrons. The molecule has 2 aromatic heterocycles. The van der Waals surface area contributed by atoms with Crippen LogP contribution >= 0.6 is 12.2 Å². The standard InChI is InChI=1S/C27H23FN4O2S/c1-17-15-20(11-12-21(17)28)32-25(24(30-27(32)35)22-9-3-4-13-29-22)23-10-6-14-31(23)19-8-5-7-18(16-19)26(33)34-2/h3-16,24-25H,1-2H3,(H,30,35). The highest BCUT2D eigenvalue weighted by atomic mass is 32.1. The molecule has 1 aliphatic rings. The molecule has 0 spiro atoms. The van der Waals surface area contributed by atoms with E-state index >= 15 is 0 Å². The van der Waals surface area contributed by atoms with E-state index in [0.29, 0.717) is 16.2 Å². The van der Waals surface area contributed by atoms with Crippen molar-refractivity contribution in [2.75, 3.05) is 12.0 Å². The van der Waals surface area contributed by atoms with E-state index in [1.165, 1.54) is 13.2 Å². The van der Waals surface area contributed by atoms with Crippen LogP contribution in [0.1, 0.15) is 39.4 Å². The number of nitrogens with one attached hydrogen (secondary N) is 1. The largest absolute Gasteiger partial charge is 0.465 e. The number of carbonyl (C=O) groups is 1. The molecular weight excluding hydrogens is 463 g/mol. The summed E-state index contributed by atoms with van der Waals surface area (Å²) in [5.41, 5.74) is 4.33. The maximum Gasteiger partial charge on any atom is 0.337 e. The number of pyridine rings is 1. The topological polar surface area (TPSA) is 59.4 Å². The van der Waals surface area contributed by atoms with Crippen molar-refractivity contribution in [3.05, 3.63) is 114 Å². The summed E-state index contributed by atoms with van der Waals surface area (Å²) < 4.78 is 21.0. The second kappa shape index (κ2) is 9.31. The summed E-state index contributed by atoms with van der Waals surface area (Å²) in [5, 5.41) is 3.94. The van der Waals surface area contributed by atoms with Crippen LogP contribution in [0.25, 0.3) is 5.69 Å². The molecule has 2 unspecified atom stereocenters. The molecule has 3 heterocycles. The van der Waals surface area contributed by atoms with Gasteiger partial charge in [0.05, 0.1) is 24.4 Å². The number of ether oxygens (including phenoxy) is 1. The number of hydrogen-bond donors (Lipinski definition) is 1. The van der Waals surface area contributed by atoms with Crippen molar-refractivity contribution in [3.63, 3.8) is 0 Å². The van der Waals surface area contributed by atoms with Crippen molar-refractivity contribution >= 4 is 29.0 Å². The Balaban J connectivity index is 1.66. The lowest BCUT2D eigenvalue weighted by atomic mass is 10.0. The Labute approximate surface area is 208 Å². The molecule has 176 valence electrons. The third kappa shape index (κ3) is 4.17. The quantitative estimate of drug-likeness (QED) is 0.306. The van der Waals surface area contributed by atoms with E-state index in [0.717, 1.165) is 22.8 Å². The van der Waals surface area contributed by atoms with E-state index in [1.807, 2.05) is 58.1 Å². The predicted octanol–water partition coefficient (Wildman–Crippen LogP) is 5.28. The lowest BCUT2D eigenvalue weighted by molar-refractivity contribution is 0.0600. The van der Waals surface area contributed by atoms with E-state index in [1.54, 1.807) is 37.4 Å². The smallest absolute Gasteiger partial charge is 0.337 e. The van der Waals surface area contributed by atoms with E-state index in [2.05, 4.69) is 10.3 Å². The Kier molecular flexibility index (Phi) is 6.05. The van der Waals surface area contributed by atoms with E-state index in [4.69, 9.17) is 17.0 Å². The van der Waals surface area contributed by atoms with Gasteiger partial charge in [0.2, 0.25) is 0 Å². The average Bonchev–Trinajstić information content (AvgIpc) is 3.50. The summed E-state index contributed by atoms with van der Waals surface area (Å²) in [6.45, 7) is 1.73. The van der Waals surface area contributed by atoms with Gasteiger partial charge in [0.1, 0.15) is 11.9 Å². The molecule has 1 fully saturated rings. The molecule has 0 aliphatic carbocycles. The minimum absolute atomic E-state index is 0.258. The van der Waals surface area contributed by atoms with Gasteiger partial charge in [-0.05, 0) is 85.4 Å². The Hall–Kier alpha value is -4.04. The highest BCUT2D eigenvalue weighted by molar-refractivity contribution is 7.80. The first-order valence-electron chi connectivity index (χ1n) is 11.1. The fourth-order valence-electron chi connectivity index (χ4n) is 4.48. The summed E-state index contributed by atoms with van der Waals surface area (Å²) in [6, 6.07) is 21.4. The predicted molar refractivity (Wildman–Crippen MR) is 136 cm³/mol. The summed E-state index contributed by atoms with van der Waals surface area (Å²) in [4.78, 5) is 18.7. The number of aryl methyl sites for hydroxylation is 1. The van der Waals surface area contributed by atoms with Gasteiger partial charge in [0.15, 0.2) is 5.11 Å². The molecule has 0 bridgehead atoms. The van der Waals surface area contributed by atoms with Gasteiger partial charge in [-0.2, -0.15) is 0 Å². The number of halogens is 1. The average molecular weight is 487 g/mol. The van der Waals surface area contributed by atoms with Crippen LogP contribution in [-0.4, -0.2) is 27.7 Å². The molecule has 5 rings (SSSR count). The highest BCUT2D eigenvalue weighted by Crippen LogP contribution is 2.42. The lowest BCUT2D eigenvalue weighted by Crippen LogP contribution is -2.30. The van der Waals surface area contributed by atoms with Crippen molar-refractivity contribution in [1.29, 1.82) is 0 Å². The molecule has 35 heavy (non-hydrogen) atoms.